The van der Waals surface area contributed by atoms with E-state index >= 15 is 0 Å². The summed E-state index contributed by atoms with van der Waals surface area (Å²) in [5, 5.41) is 13.4. The average Bonchev–Trinajstić information content (AvgIpc) is 3.03. The highest BCUT2D eigenvalue weighted by atomic mass is 16.3. The fourth-order valence-electron chi connectivity index (χ4n) is 3.20. The summed E-state index contributed by atoms with van der Waals surface area (Å²) in [7, 11) is 0. The van der Waals surface area contributed by atoms with E-state index < -0.39 is 0 Å². The SMILES string of the molecule is Oc1cc(Nc2cccnc2)cc(-c2ccc3c(c2)CCC3)c1. The van der Waals surface area contributed by atoms with Crippen LogP contribution in [0.3, 0.4) is 0 Å². The van der Waals surface area contributed by atoms with Crippen LogP contribution in [0, 0.1) is 0 Å². The van der Waals surface area contributed by atoms with Gasteiger partial charge in [-0.05, 0) is 65.8 Å². The van der Waals surface area contributed by atoms with Crippen LogP contribution < -0.4 is 5.32 Å². The topological polar surface area (TPSA) is 45.1 Å². The molecule has 0 saturated heterocycles. The first kappa shape index (κ1) is 13.8. The molecule has 0 spiro atoms. The summed E-state index contributed by atoms with van der Waals surface area (Å²) in [4.78, 5) is 4.10. The van der Waals surface area contributed by atoms with Gasteiger partial charge in [0.25, 0.3) is 0 Å². The van der Waals surface area contributed by atoms with Gasteiger partial charge in [0.05, 0.1) is 11.9 Å². The molecule has 3 aromatic rings. The molecule has 2 aromatic carbocycles. The molecule has 114 valence electrons. The van der Waals surface area contributed by atoms with Gasteiger partial charge in [0.15, 0.2) is 0 Å². The lowest BCUT2D eigenvalue weighted by molar-refractivity contribution is 0.476. The Hall–Kier alpha value is -2.81. The number of aromatic hydroxyl groups is 1. The number of phenols is 1. The number of rotatable bonds is 3. The molecular weight excluding hydrogens is 284 g/mol. The third kappa shape index (κ3) is 2.90. The van der Waals surface area contributed by atoms with Crippen LogP contribution in [0.4, 0.5) is 11.4 Å². The van der Waals surface area contributed by atoms with Gasteiger partial charge in [-0.3, -0.25) is 4.98 Å². The van der Waals surface area contributed by atoms with Crippen LogP contribution in [0.25, 0.3) is 11.1 Å². The van der Waals surface area contributed by atoms with E-state index in [1.54, 1.807) is 18.5 Å². The predicted molar refractivity (Wildman–Crippen MR) is 93.1 cm³/mol. The minimum atomic E-state index is 0.259. The number of pyridine rings is 1. The molecule has 1 aliphatic carbocycles. The maximum atomic E-state index is 10.1. The molecule has 23 heavy (non-hydrogen) atoms. The predicted octanol–water partition coefficient (Wildman–Crippen LogP) is 4.69. The molecule has 0 fully saturated rings. The van der Waals surface area contributed by atoms with E-state index in [4.69, 9.17) is 0 Å². The number of nitrogens with zero attached hydrogens (tertiary/aromatic N) is 1. The minimum Gasteiger partial charge on any atom is -0.508 e. The highest BCUT2D eigenvalue weighted by molar-refractivity contribution is 5.73. The van der Waals surface area contributed by atoms with Crippen molar-refractivity contribution in [2.45, 2.75) is 19.3 Å². The molecule has 0 amide bonds. The Morgan fingerprint density at radius 2 is 1.78 bits per heavy atom. The van der Waals surface area contributed by atoms with Crippen molar-refractivity contribution in [1.29, 1.82) is 0 Å². The molecule has 4 rings (SSSR count). The van der Waals surface area contributed by atoms with Crippen molar-refractivity contribution < 1.29 is 5.11 Å². The first-order valence-corrected chi connectivity index (χ1v) is 7.91. The zero-order chi connectivity index (χ0) is 15.6. The Bertz CT molecular complexity index is 844. The lowest BCUT2D eigenvalue weighted by Crippen LogP contribution is -1.92. The molecule has 0 unspecified atom stereocenters. The smallest absolute Gasteiger partial charge is 0.118 e. The second-order valence-corrected chi connectivity index (χ2v) is 5.97. The normalized spacial score (nSPS) is 12.9. The van der Waals surface area contributed by atoms with E-state index in [9.17, 15) is 5.11 Å². The molecule has 2 N–H and O–H groups in total. The Morgan fingerprint density at radius 1 is 0.870 bits per heavy atom. The minimum absolute atomic E-state index is 0.259. The van der Waals surface area contributed by atoms with Gasteiger partial charge in [-0.15, -0.1) is 0 Å². The molecule has 1 aliphatic rings. The Kier molecular flexibility index (Phi) is 3.46. The second-order valence-electron chi connectivity index (χ2n) is 5.97. The van der Waals surface area contributed by atoms with E-state index in [1.807, 2.05) is 18.2 Å². The van der Waals surface area contributed by atoms with Crippen molar-refractivity contribution in [3.8, 4) is 16.9 Å². The van der Waals surface area contributed by atoms with Crippen LogP contribution in [-0.4, -0.2) is 10.1 Å². The summed E-state index contributed by atoms with van der Waals surface area (Å²) >= 11 is 0. The van der Waals surface area contributed by atoms with E-state index in [2.05, 4.69) is 34.6 Å². The van der Waals surface area contributed by atoms with E-state index in [1.165, 1.54) is 24.0 Å². The van der Waals surface area contributed by atoms with Gasteiger partial charge in [0.1, 0.15) is 5.75 Å². The zero-order valence-corrected chi connectivity index (χ0v) is 12.8. The number of aryl methyl sites for hydroxylation is 2. The highest BCUT2D eigenvalue weighted by Gasteiger charge is 2.12. The van der Waals surface area contributed by atoms with Gasteiger partial charge in [0.2, 0.25) is 0 Å². The molecule has 0 radical (unpaired) electrons. The number of benzene rings is 2. The van der Waals surface area contributed by atoms with Crippen molar-refractivity contribution in [2.24, 2.45) is 0 Å². The first-order valence-electron chi connectivity index (χ1n) is 7.91. The van der Waals surface area contributed by atoms with E-state index in [0.717, 1.165) is 28.9 Å². The molecule has 0 aliphatic heterocycles. The molecule has 0 saturated carbocycles. The van der Waals surface area contributed by atoms with Crippen LogP contribution in [0.1, 0.15) is 17.5 Å². The summed E-state index contributed by atoms with van der Waals surface area (Å²) in [5.74, 6) is 0.259. The lowest BCUT2D eigenvalue weighted by atomic mass is 10.00. The molecule has 3 heteroatoms. The maximum absolute atomic E-state index is 10.1. The Labute approximate surface area is 135 Å². The van der Waals surface area contributed by atoms with E-state index in [0.29, 0.717) is 0 Å². The molecular formula is C20H18N2O. The number of phenolic OH excluding ortho intramolecular Hbond substituents is 1. The van der Waals surface area contributed by atoms with E-state index in [-0.39, 0.29) is 5.75 Å². The summed E-state index contributed by atoms with van der Waals surface area (Å²) in [6.45, 7) is 0. The number of aromatic nitrogens is 1. The standard InChI is InChI=1S/C20H18N2O/c23-20-11-17(16-7-6-14-3-1-4-15(14)9-16)10-19(12-20)22-18-5-2-8-21-13-18/h2,5-13,22-23H,1,3-4H2. The van der Waals surface area contributed by atoms with Gasteiger partial charge in [-0.1, -0.05) is 18.2 Å². The number of hydrogen-bond acceptors (Lipinski definition) is 3. The number of hydrogen-bond donors (Lipinski definition) is 2. The number of nitrogens with one attached hydrogen (secondary N) is 1. The first-order chi connectivity index (χ1) is 11.3. The van der Waals surface area contributed by atoms with Crippen LogP contribution in [0.2, 0.25) is 0 Å². The quantitative estimate of drug-likeness (QED) is 0.738. The van der Waals surface area contributed by atoms with Crippen molar-refractivity contribution >= 4 is 11.4 Å². The van der Waals surface area contributed by atoms with Gasteiger partial charge in [-0.2, -0.15) is 0 Å². The summed E-state index contributed by atoms with van der Waals surface area (Å²) in [5.41, 5.74) is 6.82. The Morgan fingerprint density at radius 3 is 2.65 bits per heavy atom. The van der Waals surface area contributed by atoms with Crippen LogP contribution in [-0.2, 0) is 12.8 Å². The molecule has 0 atom stereocenters. The van der Waals surface area contributed by atoms with Gasteiger partial charge in [-0.25, -0.2) is 0 Å². The van der Waals surface area contributed by atoms with Crippen molar-refractivity contribution in [2.75, 3.05) is 5.32 Å². The second kappa shape index (κ2) is 5.76. The van der Waals surface area contributed by atoms with Crippen molar-refractivity contribution in [3.05, 3.63) is 72.1 Å². The summed E-state index contributed by atoms with van der Waals surface area (Å²) < 4.78 is 0. The molecule has 1 heterocycles. The zero-order valence-electron chi connectivity index (χ0n) is 12.8. The monoisotopic (exact) mass is 302 g/mol. The fraction of sp³-hybridized carbons (Fsp3) is 0.150. The molecule has 0 bridgehead atoms. The number of fused-ring (bicyclic) bond motifs is 1. The van der Waals surface area contributed by atoms with Crippen molar-refractivity contribution in [3.63, 3.8) is 0 Å². The maximum Gasteiger partial charge on any atom is 0.118 e. The van der Waals surface area contributed by atoms with Gasteiger partial charge < -0.3 is 10.4 Å². The molecule has 3 nitrogen and oxygen atoms in total. The fourth-order valence-corrected chi connectivity index (χ4v) is 3.20. The third-order valence-electron chi connectivity index (χ3n) is 4.30. The Balaban J connectivity index is 1.69. The summed E-state index contributed by atoms with van der Waals surface area (Å²) in [6.07, 6.45) is 7.08. The van der Waals surface area contributed by atoms with Gasteiger partial charge in [0, 0.05) is 18.0 Å². The largest absolute Gasteiger partial charge is 0.508 e. The third-order valence-corrected chi connectivity index (χ3v) is 4.30. The van der Waals surface area contributed by atoms with Crippen LogP contribution in [0.15, 0.2) is 60.9 Å². The van der Waals surface area contributed by atoms with Crippen LogP contribution in [0.5, 0.6) is 5.75 Å². The summed E-state index contributed by atoms with van der Waals surface area (Å²) in [6, 6.07) is 16.0. The van der Waals surface area contributed by atoms with Crippen LogP contribution >= 0.6 is 0 Å². The molecule has 1 aromatic heterocycles. The lowest BCUT2D eigenvalue weighted by Gasteiger charge is -2.11. The number of anilines is 2. The highest BCUT2D eigenvalue weighted by Crippen LogP contribution is 2.32. The van der Waals surface area contributed by atoms with Gasteiger partial charge >= 0.3 is 0 Å². The average molecular weight is 302 g/mol. The van der Waals surface area contributed by atoms with Crippen molar-refractivity contribution in [1.82, 2.24) is 4.98 Å².